The number of nitrogens with one attached hydrogen (secondary N) is 1. The molecule has 132 valence electrons. The second-order valence-electron chi connectivity index (χ2n) is 5.52. The Morgan fingerprint density at radius 1 is 1.08 bits per heavy atom. The van der Waals surface area contributed by atoms with E-state index in [1.807, 2.05) is 0 Å². The van der Waals surface area contributed by atoms with Gasteiger partial charge >= 0.3 is 0 Å². The quantitative estimate of drug-likeness (QED) is 0.867. The summed E-state index contributed by atoms with van der Waals surface area (Å²) in [4.78, 5) is 12.6. The maximum absolute atomic E-state index is 12.6. The lowest BCUT2D eigenvalue weighted by Crippen LogP contribution is -2.14. The van der Waals surface area contributed by atoms with Crippen LogP contribution in [0.4, 0.5) is 5.69 Å². The average Bonchev–Trinajstić information content (AvgIpc) is 3.07. The number of fused-ring (bicyclic) bond motifs is 1. The van der Waals surface area contributed by atoms with Crippen molar-refractivity contribution in [3.63, 3.8) is 0 Å². The first kappa shape index (κ1) is 16.9. The van der Waals surface area contributed by atoms with E-state index in [0.29, 0.717) is 39.8 Å². The molecule has 1 aliphatic rings. The smallest absolute Gasteiger partial charge is 0.255 e. The van der Waals surface area contributed by atoms with Crippen LogP contribution in [-0.4, -0.2) is 32.0 Å². The Labute approximate surface area is 145 Å². The van der Waals surface area contributed by atoms with Crippen molar-refractivity contribution in [1.82, 2.24) is 0 Å². The van der Waals surface area contributed by atoms with Crippen molar-refractivity contribution in [3.05, 3.63) is 41.5 Å². The molecule has 0 aromatic heterocycles. The van der Waals surface area contributed by atoms with Crippen LogP contribution in [-0.2, 0) is 0 Å². The van der Waals surface area contributed by atoms with Gasteiger partial charge in [0.05, 0.1) is 26.0 Å². The summed E-state index contributed by atoms with van der Waals surface area (Å²) < 4.78 is 21.0. The van der Waals surface area contributed by atoms with Crippen molar-refractivity contribution >= 4 is 11.6 Å². The van der Waals surface area contributed by atoms with Crippen LogP contribution >= 0.6 is 0 Å². The summed E-state index contributed by atoms with van der Waals surface area (Å²) >= 11 is 0. The first-order chi connectivity index (χ1) is 12.0. The van der Waals surface area contributed by atoms with Gasteiger partial charge in [-0.2, -0.15) is 0 Å². The number of aliphatic hydroxyl groups excluding tert-OH is 1. The maximum atomic E-state index is 12.6. The van der Waals surface area contributed by atoms with Gasteiger partial charge in [-0.1, -0.05) is 0 Å². The monoisotopic (exact) mass is 345 g/mol. The first-order valence-electron chi connectivity index (χ1n) is 7.68. The molecular weight excluding hydrogens is 326 g/mol. The van der Waals surface area contributed by atoms with Crippen molar-refractivity contribution in [2.75, 3.05) is 26.3 Å². The maximum Gasteiger partial charge on any atom is 0.255 e. The number of hydrogen-bond acceptors (Lipinski definition) is 6. The summed E-state index contributed by atoms with van der Waals surface area (Å²) in [5, 5.41) is 12.8. The third kappa shape index (κ3) is 3.46. The molecule has 3 rings (SSSR count). The van der Waals surface area contributed by atoms with E-state index in [0.717, 1.165) is 0 Å². The minimum atomic E-state index is -0.787. The number of benzene rings is 2. The molecule has 0 spiro atoms. The largest absolute Gasteiger partial charge is 0.497 e. The van der Waals surface area contributed by atoms with E-state index in [1.165, 1.54) is 14.2 Å². The Bertz CT molecular complexity index is 780. The predicted molar refractivity (Wildman–Crippen MR) is 90.7 cm³/mol. The van der Waals surface area contributed by atoms with Gasteiger partial charge in [0.15, 0.2) is 11.5 Å². The zero-order valence-corrected chi connectivity index (χ0v) is 14.2. The first-order valence-corrected chi connectivity index (χ1v) is 7.68. The molecule has 1 amide bonds. The van der Waals surface area contributed by atoms with Crippen LogP contribution in [0.3, 0.4) is 0 Å². The molecule has 0 fully saturated rings. The number of rotatable bonds is 5. The molecule has 0 saturated carbocycles. The van der Waals surface area contributed by atoms with E-state index in [9.17, 15) is 9.90 Å². The minimum absolute atomic E-state index is 0.110. The van der Waals surface area contributed by atoms with Crippen molar-refractivity contribution in [2.24, 2.45) is 0 Å². The highest BCUT2D eigenvalue weighted by atomic mass is 16.7. The number of amides is 1. The van der Waals surface area contributed by atoms with Crippen molar-refractivity contribution in [3.8, 4) is 23.0 Å². The Morgan fingerprint density at radius 2 is 1.68 bits per heavy atom. The third-order valence-electron chi connectivity index (χ3n) is 3.86. The molecule has 0 aliphatic carbocycles. The summed E-state index contributed by atoms with van der Waals surface area (Å²) in [5.41, 5.74) is 1.35. The van der Waals surface area contributed by atoms with Gasteiger partial charge < -0.3 is 29.4 Å². The second-order valence-corrected chi connectivity index (χ2v) is 5.52. The minimum Gasteiger partial charge on any atom is -0.497 e. The highest BCUT2D eigenvalue weighted by Gasteiger charge is 2.21. The van der Waals surface area contributed by atoms with Gasteiger partial charge in [-0.15, -0.1) is 0 Å². The van der Waals surface area contributed by atoms with Gasteiger partial charge in [-0.25, -0.2) is 0 Å². The highest BCUT2D eigenvalue weighted by molar-refractivity contribution is 6.05. The summed E-state index contributed by atoms with van der Waals surface area (Å²) in [7, 11) is 3.03. The van der Waals surface area contributed by atoms with E-state index >= 15 is 0 Å². The van der Waals surface area contributed by atoms with E-state index < -0.39 is 6.10 Å². The van der Waals surface area contributed by atoms with Crippen molar-refractivity contribution in [2.45, 2.75) is 13.0 Å². The van der Waals surface area contributed by atoms with E-state index in [4.69, 9.17) is 18.9 Å². The van der Waals surface area contributed by atoms with Crippen LogP contribution in [0.5, 0.6) is 23.0 Å². The number of ether oxygens (including phenoxy) is 4. The molecule has 7 nitrogen and oxygen atoms in total. The van der Waals surface area contributed by atoms with Crippen LogP contribution < -0.4 is 24.3 Å². The van der Waals surface area contributed by atoms with Gasteiger partial charge in [0, 0.05) is 23.3 Å². The van der Waals surface area contributed by atoms with Crippen LogP contribution in [0, 0.1) is 0 Å². The molecule has 2 N–H and O–H groups in total. The van der Waals surface area contributed by atoms with Crippen molar-refractivity contribution in [1.29, 1.82) is 0 Å². The Hall–Kier alpha value is -2.93. The normalized spacial score (nSPS) is 13.3. The van der Waals surface area contributed by atoms with Gasteiger partial charge in [-0.3, -0.25) is 4.79 Å². The summed E-state index contributed by atoms with van der Waals surface area (Å²) in [6.45, 7) is 1.72. The van der Waals surface area contributed by atoms with Crippen LogP contribution in [0.15, 0.2) is 30.3 Å². The molecule has 1 unspecified atom stereocenters. The van der Waals surface area contributed by atoms with Crippen LogP contribution in [0.2, 0.25) is 0 Å². The fourth-order valence-corrected chi connectivity index (χ4v) is 2.54. The van der Waals surface area contributed by atoms with E-state index in [1.54, 1.807) is 37.3 Å². The second kappa shape index (κ2) is 6.90. The lowest BCUT2D eigenvalue weighted by Gasteiger charge is -2.15. The number of anilines is 1. The number of carbonyl (C=O) groups is 1. The molecule has 25 heavy (non-hydrogen) atoms. The molecular formula is C18H19NO6. The van der Waals surface area contributed by atoms with E-state index in [-0.39, 0.29) is 12.7 Å². The van der Waals surface area contributed by atoms with Crippen molar-refractivity contribution < 1.29 is 28.8 Å². The topological polar surface area (TPSA) is 86.3 Å². The molecule has 0 bridgehead atoms. The number of hydrogen-bond donors (Lipinski definition) is 2. The highest BCUT2D eigenvalue weighted by Crippen LogP contribution is 2.39. The van der Waals surface area contributed by atoms with Crippen LogP contribution in [0.1, 0.15) is 28.9 Å². The molecule has 7 heteroatoms. The molecule has 2 aromatic rings. The van der Waals surface area contributed by atoms with Gasteiger partial charge in [0.25, 0.3) is 5.91 Å². The molecule has 0 saturated heterocycles. The Balaban J connectivity index is 1.93. The molecule has 2 aromatic carbocycles. The van der Waals surface area contributed by atoms with E-state index in [2.05, 4.69) is 5.32 Å². The van der Waals surface area contributed by atoms with Gasteiger partial charge in [0.2, 0.25) is 6.79 Å². The lowest BCUT2D eigenvalue weighted by molar-refractivity contribution is 0.102. The summed E-state index contributed by atoms with van der Waals surface area (Å²) in [5.74, 6) is 1.70. The van der Waals surface area contributed by atoms with Gasteiger partial charge in [0.1, 0.15) is 11.5 Å². The Kier molecular flexibility index (Phi) is 4.67. The zero-order chi connectivity index (χ0) is 18.0. The molecule has 1 atom stereocenters. The van der Waals surface area contributed by atoms with Gasteiger partial charge in [-0.05, 0) is 25.1 Å². The number of aliphatic hydroxyl groups is 1. The third-order valence-corrected chi connectivity index (χ3v) is 3.86. The fraction of sp³-hybridized carbons (Fsp3) is 0.278. The summed E-state index contributed by atoms with van der Waals surface area (Å²) in [6.07, 6.45) is -0.787. The lowest BCUT2D eigenvalue weighted by atomic mass is 10.1. The predicted octanol–water partition coefficient (Wildman–Crippen LogP) is 2.74. The molecule has 0 radical (unpaired) electrons. The zero-order valence-electron chi connectivity index (χ0n) is 14.2. The standard InChI is InChI=1S/C18H19NO6/c1-10(20)14-7-16-17(25-9-24-16)8-15(14)19-18(21)11-4-12(22-2)6-13(5-11)23-3/h4-8,10,20H,9H2,1-3H3,(H,19,21). The number of methoxy groups -OCH3 is 2. The molecule has 1 heterocycles. The number of carbonyl (C=O) groups excluding carboxylic acids is 1. The van der Waals surface area contributed by atoms with Crippen LogP contribution in [0.25, 0.3) is 0 Å². The Morgan fingerprint density at radius 3 is 2.24 bits per heavy atom. The SMILES string of the molecule is COc1cc(OC)cc(C(=O)Nc2cc3c(cc2C(C)O)OCO3)c1. The summed E-state index contributed by atoms with van der Waals surface area (Å²) in [6, 6.07) is 8.19. The average molecular weight is 345 g/mol. The molecule has 1 aliphatic heterocycles. The fourth-order valence-electron chi connectivity index (χ4n) is 2.54.